The number of hydrogen-bond donors (Lipinski definition) is 0. The summed E-state index contributed by atoms with van der Waals surface area (Å²) in [4.78, 5) is 14.1. The maximum Gasteiger partial charge on any atom is 0.338 e. The lowest BCUT2D eigenvalue weighted by Gasteiger charge is -2.17. The molecular formula is C32H40O2S. The van der Waals surface area contributed by atoms with Crippen molar-refractivity contribution in [3.8, 4) is 11.1 Å². The van der Waals surface area contributed by atoms with Gasteiger partial charge in [0.2, 0.25) is 0 Å². The summed E-state index contributed by atoms with van der Waals surface area (Å²) in [6.45, 7) is 4.39. The predicted molar refractivity (Wildman–Crippen MR) is 150 cm³/mol. The third kappa shape index (κ3) is 9.57. The summed E-state index contributed by atoms with van der Waals surface area (Å²) in [7, 11) is 0. The van der Waals surface area contributed by atoms with E-state index in [0.29, 0.717) is 5.56 Å². The Kier molecular flexibility index (Phi) is 12.0. The molecular weight excluding hydrogens is 448 g/mol. The molecule has 0 saturated heterocycles. The van der Waals surface area contributed by atoms with Crippen LogP contribution in [0.2, 0.25) is 0 Å². The zero-order chi connectivity index (χ0) is 24.7. The van der Waals surface area contributed by atoms with Crippen LogP contribution in [0.3, 0.4) is 0 Å². The average molecular weight is 489 g/mol. The zero-order valence-electron chi connectivity index (χ0n) is 21.4. The van der Waals surface area contributed by atoms with E-state index in [2.05, 4.69) is 62.4 Å². The van der Waals surface area contributed by atoms with Gasteiger partial charge in [0.25, 0.3) is 0 Å². The molecule has 0 aromatic heterocycles. The highest BCUT2D eigenvalue weighted by molar-refractivity contribution is 7.99. The molecule has 2 nitrogen and oxygen atoms in total. The SMILES string of the molecule is CCCCCCSc1ccc(-c2ccc(C(=O)OC(CCC)CCCc3ccccc3)cc2)cc1. The summed E-state index contributed by atoms with van der Waals surface area (Å²) in [6, 6.07) is 27.1. The molecule has 3 rings (SSSR count). The minimum atomic E-state index is -0.218. The zero-order valence-corrected chi connectivity index (χ0v) is 22.2. The third-order valence-electron chi connectivity index (χ3n) is 6.29. The fraction of sp³-hybridized carbons (Fsp3) is 0.406. The van der Waals surface area contributed by atoms with Crippen molar-refractivity contribution in [1.29, 1.82) is 0 Å². The van der Waals surface area contributed by atoms with Crippen molar-refractivity contribution in [1.82, 2.24) is 0 Å². The van der Waals surface area contributed by atoms with E-state index in [1.807, 2.05) is 42.1 Å². The van der Waals surface area contributed by atoms with Gasteiger partial charge >= 0.3 is 5.97 Å². The van der Waals surface area contributed by atoms with Crippen LogP contribution >= 0.6 is 11.8 Å². The first kappa shape index (κ1) is 27.1. The van der Waals surface area contributed by atoms with Gasteiger partial charge in [-0.3, -0.25) is 0 Å². The second kappa shape index (κ2) is 15.5. The number of benzene rings is 3. The van der Waals surface area contributed by atoms with Crippen molar-refractivity contribution in [2.45, 2.75) is 82.6 Å². The van der Waals surface area contributed by atoms with Crippen molar-refractivity contribution in [3.63, 3.8) is 0 Å². The van der Waals surface area contributed by atoms with Gasteiger partial charge in [0.15, 0.2) is 0 Å². The van der Waals surface area contributed by atoms with Crippen molar-refractivity contribution in [2.75, 3.05) is 5.75 Å². The highest BCUT2D eigenvalue weighted by atomic mass is 32.2. The maximum absolute atomic E-state index is 12.8. The number of aryl methyl sites for hydroxylation is 1. The van der Waals surface area contributed by atoms with Crippen molar-refractivity contribution < 1.29 is 9.53 Å². The van der Waals surface area contributed by atoms with Crippen LogP contribution in [-0.4, -0.2) is 17.8 Å². The predicted octanol–water partition coefficient (Wildman–Crippen LogP) is 9.37. The Balaban J connectivity index is 1.49. The van der Waals surface area contributed by atoms with E-state index < -0.39 is 0 Å². The first-order chi connectivity index (χ1) is 17.2. The largest absolute Gasteiger partial charge is 0.459 e. The molecule has 3 aromatic rings. The number of hydrogen-bond acceptors (Lipinski definition) is 3. The lowest BCUT2D eigenvalue weighted by molar-refractivity contribution is 0.0255. The summed E-state index contributed by atoms with van der Waals surface area (Å²) in [5.74, 6) is 0.964. The molecule has 0 bridgehead atoms. The summed E-state index contributed by atoms with van der Waals surface area (Å²) < 4.78 is 5.90. The number of carbonyl (C=O) groups excluding carboxylic acids is 1. The summed E-state index contributed by atoms with van der Waals surface area (Å²) in [6.07, 6.45) is 10.0. The molecule has 1 atom stereocenters. The highest BCUT2D eigenvalue weighted by Gasteiger charge is 2.15. The lowest BCUT2D eigenvalue weighted by atomic mass is 10.0. The molecule has 0 N–H and O–H groups in total. The van der Waals surface area contributed by atoms with Crippen LogP contribution < -0.4 is 0 Å². The fourth-order valence-corrected chi connectivity index (χ4v) is 5.16. The minimum Gasteiger partial charge on any atom is -0.459 e. The Hall–Kier alpha value is -2.52. The second-order valence-corrected chi connectivity index (χ2v) is 10.4. The molecule has 0 aliphatic rings. The number of thioether (sulfide) groups is 1. The van der Waals surface area contributed by atoms with E-state index in [0.717, 1.165) is 37.7 Å². The van der Waals surface area contributed by atoms with E-state index in [4.69, 9.17) is 4.74 Å². The van der Waals surface area contributed by atoms with E-state index in [-0.39, 0.29) is 12.1 Å². The molecule has 0 aliphatic heterocycles. The van der Waals surface area contributed by atoms with Crippen LogP contribution in [0.15, 0.2) is 83.8 Å². The average Bonchev–Trinajstić information content (AvgIpc) is 2.90. The molecule has 0 saturated carbocycles. The molecule has 0 fully saturated rings. The molecule has 0 spiro atoms. The highest BCUT2D eigenvalue weighted by Crippen LogP contribution is 2.26. The Morgan fingerprint density at radius 3 is 2.09 bits per heavy atom. The standard InChI is InChI=1S/C32H40O2S/c1-3-5-6-10-25-35-31-23-21-28(22-24-31)27-17-19-29(20-18-27)32(33)34-30(12-4-2)16-11-15-26-13-8-7-9-14-26/h7-9,13-14,17-24,30H,3-6,10-12,15-16,25H2,1-2H3. The van der Waals surface area contributed by atoms with Crippen LogP contribution in [0.5, 0.6) is 0 Å². The van der Waals surface area contributed by atoms with E-state index in [1.165, 1.54) is 47.5 Å². The lowest BCUT2D eigenvalue weighted by Crippen LogP contribution is -2.18. The Morgan fingerprint density at radius 2 is 1.43 bits per heavy atom. The van der Waals surface area contributed by atoms with Crippen molar-refractivity contribution in [2.24, 2.45) is 0 Å². The molecule has 3 heteroatoms. The van der Waals surface area contributed by atoms with Gasteiger partial charge in [-0.2, -0.15) is 0 Å². The van der Waals surface area contributed by atoms with Crippen LogP contribution in [0.25, 0.3) is 11.1 Å². The number of esters is 1. The van der Waals surface area contributed by atoms with E-state index in [1.54, 1.807) is 0 Å². The van der Waals surface area contributed by atoms with Crippen molar-refractivity contribution in [3.05, 3.63) is 90.0 Å². The molecule has 1 unspecified atom stereocenters. The Bertz CT molecular complexity index is 980. The molecule has 3 aromatic carbocycles. The summed E-state index contributed by atoms with van der Waals surface area (Å²) in [5, 5.41) is 0. The van der Waals surface area contributed by atoms with Gasteiger partial charge in [-0.1, -0.05) is 94.1 Å². The van der Waals surface area contributed by atoms with Crippen LogP contribution in [-0.2, 0) is 11.2 Å². The molecule has 186 valence electrons. The number of ether oxygens (including phenoxy) is 1. The topological polar surface area (TPSA) is 26.3 Å². The molecule has 0 radical (unpaired) electrons. The first-order valence-corrected chi connectivity index (χ1v) is 14.3. The van der Waals surface area contributed by atoms with Crippen LogP contribution in [0, 0.1) is 0 Å². The van der Waals surface area contributed by atoms with Gasteiger partial charge in [-0.15, -0.1) is 11.8 Å². The van der Waals surface area contributed by atoms with Gasteiger partial charge in [-0.05, 0) is 78.8 Å². The van der Waals surface area contributed by atoms with E-state index >= 15 is 0 Å². The molecule has 35 heavy (non-hydrogen) atoms. The fourth-order valence-electron chi connectivity index (χ4n) is 4.24. The van der Waals surface area contributed by atoms with Gasteiger partial charge in [0, 0.05) is 4.90 Å². The summed E-state index contributed by atoms with van der Waals surface area (Å²) >= 11 is 1.93. The minimum absolute atomic E-state index is 0.0251. The number of rotatable bonds is 15. The quantitative estimate of drug-likeness (QED) is 0.121. The van der Waals surface area contributed by atoms with Gasteiger partial charge in [-0.25, -0.2) is 4.79 Å². The number of carbonyl (C=O) groups is 1. The Morgan fingerprint density at radius 1 is 0.743 bits per heavy atom. The molecule has 0 aliphatic carbocycles. The van der Waals surface area contributed by atoms with Gasteiger partial charge in [0.05, 0.1) is 5.56 Å². The Labute approximate surface area is 216 Å². The molecule has 0 heterocycles. The third-order valence-corrected chi connectivity index (χ3v) is 7.39. The van der Waals surface area contributed by atoms with Gasteiger partial charge in [0.1, 0.15) is 6.10 Å². The van der Waals surface area contributed by atoms with Crippen LogP contribution in [0.1, 0.15) is 81.1 Å². The van der Waals surface area contributed by atoms with E-state index in [9.17, 15) is 4.79 Å². The first-order valence-electron chi connectivity index (χ1n) is 13.3. The second-order valence-electron chi connectivity index (χ2n) is 9.20. The molecule has 0 amide bonds. The van der Waals surface area contributed by atoms with Gasteiger partial charge < -0.3 is 4.74 Å². The van der Waals surface area contributed by atoms with Crippen molar-refractivity contribution >= 4 is 17.7 Å². The van der Waals surface area contributed by atoms with Crippen LogP contribution in [0.4, 0.5) is 0 Å². The summed E-state index contributed by atoms with van der Waals surface area (Å²) in [5.41, 5.74) is 4.25. The maximum atomic E-state index is 12.8. The monoisotopic (exact) mass is 488 g/mol. The smallest absolute Gasteiger partial charge is 0.338 e. The number of unbranched alkanes of at least 4 members (excludes halogenated alkanes) is 3. The normalized spacial score (nSPS) is 11.8.